The van der Waals surface area contributed by atoms with Crippen molar-refractivity contribution in [2.24, 2.45) is 5.10 Å². The fourth-order valence-electron chi connectivity index (χ4n) is 3.59. The van der Waals surface area contributed by atoms with Crippen molar-refractivity contribution in [3.05, 3.63) is 135 Å². The highest BCUT2D eigenvalue weighted by Crippen LogP contribution is 2.33. The summed E-state index contributed by atoms with van der Waals surface area (Å²) in [4.78, 5) is 13.2. The van der Waals surface area contributed by atoms with E-state index in [-0.39, 0.29) is 6.61 Å². The van der Waals surface area contributed by atoms with Crippen LogP contribution in [0.5, 0.6) is 5.75 Å². The molecule has 0 aliphatic rings. The first-order valence-electron chi connectivity index (χ1n) is 10.8. The number of benzene rings is 4. The zero-order chi connectivity index (χ0) is 24.7. The van der Waals surface area contributed by atoms with E-state index in [1.54, 1.807) is 60.7 Å². The Balaban J connectivity index is 1.58. The molecule has 0 spiro atoms. The summed E-state index contributed by atoms with van der Waals surface area (Å²) in [5.41, 5.74) is 2.77. The molecule has 0 aromatic heterocycles. The largest absolute Gasteiger partial charge is 0.487 e. The maximum atomic E-state index is 13.2. The second-order valence-electron chi connectivity index (χ2n) is 7.72. The monoisotopic (exact) mass is 504 g/mol. The molecular formula is C28H22Cl2N2O3. The van der Waals surface area contributed by atoms with E-state index in [1.807, 2.05) is 42.5 Å². The maximum Gasteiger partial charge on any atom is 0.281 e. The topological polar surface area (TPSA) is 70.9 Å². The molecule has 0 atom stereocenters. The van der Waals surface area contributed by atoms with Crippen molar-refractivity contribution in [2.45, 2.75) is 12.2 Å². The summed E-state index contributed by atoms with van der Waals surface area (Å²) in [6.45, 7) is 0.289. The summed E-state index contributed by atoms with van der Waals surface area (Å²) < 4.78 is 5.93. The van der Waals surface area contributed by atoms with Gasteiger partial charge in [0.25, 0.3) is 5.91 Å². The van der Waals surface area contributed by atoms with Crippen LogP contribution in [0.3, 0.4) is 0 Å². The molecule has 7 heteroatoms. The molecule has 4 aromatic carbocycles. The van der Waals surface area contributed by atoms with E-state index in [4.69, 9.17) is 27.9 Å². The molecule has 5 nitrogen and oxygen atoms in total. The summed E-state index contributed by atoms with van der Waals surface area (Å²) >= 11 is 12.6. The fraction of sp³-hybridized carbons (Fsp3) is 0.0714. The van der Waals surface area contributed by atoms with Crippen molar-refractivity contribution in [1.29, 1.82) is 0 Å². The van der Waals surface area contributed by atoms with Crippen molar-refractivity contribution in [1.82, 2.24) is 5.43 Å². The predicted octanol–water partition coefficient (Wildman–Crippen LogP) is 5.96. The molecule has 0 saturated carbocycles. The Hall–Kier alpha value is -3.64. The number of hydrogen-bond donors (Lipinski definition) is 2. The molecule has 4 aromatic rings. The van der Waals surface area contributed by atoms with Gasteiger partial charge in [0.1, 0.15) is 12.4 Å². The van der Waals surface area contributed by atoms with Gasteiger partial charge in [0.05, 0.1) is 11.2 Å². The standard InChI is InChI=1S/C28H22Cl2N2O3/c29-24-16-21(26(25(30)17-24)35-19-20-10-4-1-5-11-20)18-31-32-27(33)28(34,22-12-6-2-7-13-22)23-14-8-3-9-15-23/h1-18,34H,19H2,(H,32,33)/b31-18-. The van der Waals surface area contributed by atoms with Gasteiger partial charge in [0.2, 0.25) is 0 Å². The number of amides is 1. The van der Waals surface area contributed by atoms with Gasteiger partial charge in [-0.25, -0.2) is 5.43 Å². The Kier molecular flexibility index (Phi) is 7.83. The average molecular weight is 505 g/mol. The van der Waals surface area contributed by atoms with Gasteiger partial charge in [-0.3, -0.25) is 4.79 Å². The molecule has 0 fully saturated rings. The average Bonchev–Trinajstić information content (AvgIpc) is 2.89. The summed E-state index contributed by atoms with van der Waals surface area (Å²) in [6.07, 6.45) is 1.38. The normalized spacial score (nSPS) is 11.4. The van der Waals surface area contributed by atoms with Crippen molar-refractivity contribution in [3.8, 4) is 5.75 Å². The van der Waals surface area contributed by atoms with Crippen molar-refractivity contribution < 1.29 is 14.6 Å². The third-order valence-electron chi connectivity index (χ3n) is 5.34. The van der Waals surface area contributed by atoms with E-state index in [2.05, 4.69) is 10.5 Å². The summed E-state index contributed by atoms with van der Waals surface area (Å²) in [5.74, 6) is -0.342. The highest BCUT2D eigenvalue weighted by atomic mass is 35.5. The van der Waals surface area contributed by atoms with Crippen molar-refractivity contribution in [2.75, 3.05) is 0 Å². The minimum absolute atomic E-state index is 0.289. The fourth-order valence-corrected chi connectivity index (χ4v) is 4.15. The Morgan fingerprint density at radius 1 is 0.886 bits per heavy atom. The zero-order valence-electron chi connectivity index (χ0n) is 18.6. The Bertz CT molecular complexity index is 1270. The number of hydrazone groups is 1. The maximum absolute atomic E-state index is 13.2. The molecule has 0 aliphatic heterocycles. The lowest BCUT2D eigenvalue weighted by Gasteiger charge is -2.27. The minimum atomic E-state index is -1.95. The number of carbonyl (C=O) groups is 1. The van der Waals surface area contributed by atoms with Crippen LogP contribution < -0.4 is 10.2 Å². The van der Waals surface area contributed by atoms with Crippen molar-refractivity contribution in [3.63, 3.8) is 0 Å². The van der Waals surface area contributed by atoms with Gasteiger partial charge in [0.15, 0.2) is 5.60 Å². The number of aliphatic hydroxyl groups is 1. The molecule has 4 rings (SSSR count). The number of nitrogens with zero attached hydrogens (tertiary/aromatic N) is 1. The number of halogens is 2. The molecule has 0 heterocycles. The van der Waals surface area contributed by atoms with E-state index in [9.17, 15) is 9.90 Å². The van der Waals surface area contributed by atoms with E-state index in [1.165, 1.54) is 6.21 Å². The Morgan fingerprint density at radius 3 is 2.00 bits per heavy atom. The van der Waals surface area contributed by atoms with Crippen LogP contribution in [0.4, 0.5) is 0 Å². The van der Waals surface area contributed by atoms with Crippen LogP contribution >= 0.6 is 23.2 Å². The second kappa shape index (κ2) is 11.2. The minimum Gasteiger partial charge on any atom is -0.487 e. The van der Waals surface area contributed by atoms with E-state index >= 15 is 0 Å². The lowest BCUT2D eigenvalue weighted by molar-refractivity contribution is -0.136. The van der Waals surface area contributed by atoms with Crippen LogP contribution in [0.25, 0.3) is 0 Å². The van der Waals surface area contributed by atoms with Crippen LogP contribution in [-0.4, -0.2) is 17.2 Å². The molecule has 0 saturated heterocycles. The number of nitrogens with one attached hydrogen (secondary N) is 1. The van der Waals surface area contributed by atoms with Crippen LogP contribution in [0, 0.1) is 0 Å². The van der Waals surface area contributed by atoms with Gasteiger partial charge >= 0.3 is 0 Å². The van der Waals surface area contributed by atoms with Crippen LogP contribution in [0.15, 0.2) is 108 Å². The zero-order valence-corrected chi connectivity index (χ0v) is 20.1. The Labute approximate surface area is 213 Å². The molecule has 176 valence electrons. The van der Waals surface area contributed by atoms with E-state index in [0.717, 1.165) is 5.56 Å². The summed E-state index contributed by atoms with van der Waals surface area (Å²) in [7, 11) is 0. The third-order valence-corrected chi connectivity index (χ3v) is 5.84. The predicted molar refractivity (Wildman–Crippen MR) is 139 cm³/mol. The molecule has 35 heavy (non-hydrogen) atoms. The van der Waals surface area contributed by atoms with E-state index < -0.39 is 11.5 Å². The summed E-state index contributed by atoms with van der Waals surface area (Å²) in [6, 6.07) is 30.2. The number of carbonyl (C=O) groups excluding carboxylic acids is 1. The number of hydrogen-bond acceptors (Lipinski definition) is 4. The van der Waals surface area contributed by atoms with Gasteiger partial charge in [0, 0.05) is 10.6 Å². The highest BCUT2D eigenvalue weighted by Gasteiger charge is 2.39. The van der Waals surface area contributed by atoms with Crippen LogP contribution in [0.2, 0.25) is 10.0 Å². The first-order valence-corrected chi connectivity index (χ1v) is 11.6. The molecular weight excluding hydrogens is 483 g/mol. The van der Waals surface area contributed by atoms with Gasteiger partial charge in [-0.05, 0) is 28.8 Å². The molecule has 0 aliphatic carbocycles. The number of rotatable bonds is 8. The molecule has 0 radical (unpaired) electrons. The third kappa shape index (κ3) is 5.72. The van der Waals surface area contributed by atoms with Gasteiger partial charge in [-0.1, -0.05) is 114 Å². The second-order valence-corrected chi connectivity index (χ2v) is 8.57. The SMILES string of the molecule is O=C(N/N=C\c1cc(Cl)cc(Cl)c1OCc1ccccc1)C(O)(c1ccccc1)c1ccccc1. The van der Waals surface area contributed by atoms with Gasteiger partial charge in [-0.2, -0.15) is 5.10 Å². The Morgan fingerprint density at radius 2 is 1.43 bits per heavy atom. The smallest absolute Gasteiger partial charge is 0.281 e. The first-order chi connectivity index (χ1) is 17.0. The van der Waals surface area contributed by atoms with Gasteiger partial charge in [-0.15, -0.1) is 0 Å². The first kappa shape index (κ1) is 24.5. The van der Waals surface area contributed by atoms with E-state index in [0.29, 0.717) is 32.5 Å². The number of ether oxygens (including phenoxy) is 1. The van der Waals surface area contributed by atoms with Crippen LogP contribution in [0.1, 0.15) is 22.3 Å². The molecule has 2 N–H and O–H groups in total. The molecule has 1 amide bonds. The summed E-state index contributed by atoms with van der Waals surface area (Å²) in [5, 5.41) is 16.3. The quantitative estimate of drug-likeness (QED) is 0.229. The highest BCUT2D eigenvalue weighted by molar-refractivity contribution is 6.36. The van der Waals surface area contributed by atoms with Crippen LogP contribution in [-0.2, 0) is 17.0 Å². The van der Waals surface area contributed by atoms with Gasteiger partial charge < -0.3 is 9.84 Å². The lowest BCUT2D eigenvalue weighted by Crippen LogP contribution is -2.43. The molecule has 0 bridgehead atoms. The van der Waals surface area contributed by atoms with Crippen molar-refractivity contribution >= 4 is 35.3 Å². The molecule has 0 unspecified atom stereocenters. The lowest BCUT2D eigenvalue weighted by atomic mass is 9.85.